The molecule has 104 valence electrons. The average molecular weight is 268 g/mol. The fourth-order valence-corrected chi connectivity index (χ4v) is 1.24. The molecule has 0 heterocycles. The molecule has 0 aromatic rings. The number of carbonyl (C=O) groups is 1. The van der Waals surface area contributed by atoms with Crippen molar-refractivity contribution < 1.29 is 22.9 Å². The number of rotatable bonds is 7. The second kappa shape index (κ2) is 10.5. The lowest BCUT2D eigenvalue weighted by atomic mass is 10.1. The lowest BCUT2D eigenvalue weighted by molar-refractivity contribution is -0.136. The molecule has 0 rings (SSSR count). The van der Waals surface area contributed by atoms with Crippen LogP contribution in [-0.2, 0) is 14.9 Å². The highest BCUT2D eigenvalue weighted by Crippen LogP contribution is 2.03. The number of carboxylic acid groups (broad SMARTS) is 1. The Labute approximate surface area is 104 Å². The van der Waals surface area contributed by atoms with Gasteiger partial charge in [-0.15, -0.1) is 0 Å². The van der Waals surface area contributed by atoms with Gasteiger partial charge in [0, 0.05) is 0 Å². The van der Waals surface area contributed by atoms with E-state index in [0.717, 1.165) is 6.92 Å². The molecule has 0 radical (unpaired) electrons. The zero-order chi connectivity index (χ0) is 13.9. The lowest BCUT2D eigenvalue weighted by Crippen LogP contribution is -2.25. The highest BCUT2D eigenvalue weighted by atomic mass is 32.2. The standard InChI is InChI=1S/C8H18.C3H6O5S/c1-3-5-7-8-6-4-2;1-2(3(4)5)9(6,7)8/h3-8H2,1-2H3;2H,1H3,(H,4,5)(H,6,7,8). The molecular weight excluding hydrogens is 244 g/mol. The molecule has 1 atom stereocenters. The zero-order valence-electron chi connectivity index (χ0n) is 10.8. The van der Waals surface area contributed by atoms with Crippen molar-refractivity contribution in [1.29, 1.82) is 0 Å². The van der Waals surface area contributed by atoms with Crippen LogP contribution in [0.15, 0.2) is 0 Å². The van der Waals surface area contributed by atoms with Gasteiger partial charge in [-0.2, -0.15) is 8.42 Å². The molecule has 0 fully saturated rings. The molecule has 0 aliphatic rings. The predicted octanol–water partition coefficient (Wildman–Crippen LogP) is 2.71. The zero-order valence-corrected chi connectivity index (χ0v) is 11.7. The molecule has 0 amide bonds. The van der Waals surface area contributed by atoms with E-state index in [1.807, 2.05) is 0 Å². The van der Waals surface area contributed by atoms with Gasteiger partial charge in [-0.05, 0) is 6.92 Å². The molecule has 6 heteroatoms. The van der Waals surface area contributed by atoms with Gasteiger partial charge in [0.05, 0.1) is 0 Å². The van der Waals surface area contributed by atoms with Gasteiger partial charge in [0.25, 0.3) is 10.1 Å². The van der Waals surface area contributed by atoms with Crippen molar-refractivity contribution in [2.75, 3.05) is 0 Å². The number of aliphatic carboxylic acids is 1. The SMILES string of the molecule is CC(C(=O)O)S(=O)(=O)O.CCCCCCCC. The normalized spacial score (nSPS) is 12.5. The predicted molar refractivity (Wildman–Crippen MR) is 67.7 cm³/mol. The van der Waals surface area contributed by atoms with Gasteiger partial charge in [0.15, 0.2) is 5.25 Å². The molecule has 1 unspecified atom stereocenters. The third kappa shape index (κ3) is 13.3. The van der Waals surface area contributed by atoms with Crippen LogP contribution in [0, 0.1) is 0 Å². The van der Waals surface area contributed by atoms with E-state index in [4.69, 9.17) is 9.66 Å². The molecular formula is C11H24O5S. The molecule has 0 spiro atoms. The van der Waals surface area contributed by atoms with Crippen LogP contribution < -0.4 is 0 Å². The van der Waals surface area contributed by atoms with Crippen LogP contribution in [-0.4, -0.2) is 29.3 Å². The van der Waals surface area contributed by atoms with Crippen LogP contribution >= 0.6 is 0 Å². The van der Waals surface area contributed by atoms with E-state index in [2.05, 4.69) is 13.8 Å². The first-order valence-corrected chi connectivity index (χ1v) is 7.46. The van der Waals surface area contributed by atoms with E-state index in [-0.39, 0.29) is 0 Å². The molecule has 17 heavy (non-hydrogen) atoms. The minimum absolute atomic E-state index is 0.887. The minimum atomic E-state index is -4.40. The molecule has 0 bridgehead atoms. The summed E-state index contributed by atoms with van der Waals surface area (Å²) >= 11 is 0. The van der Waals surface area contributed by atoms with Gasteiger partial charge in [0.1, 0.15) is 0 Å². The summed E-state index contributed by atoms with van der Waals surface area (Å²) in [5.74, 6) is -1.56. The average Bonchev–Trinajstić information content (AvgIpc) is 2.23. The van der Waals surface area contributed by atoms with E-state index >= 15 is 0 Å². The maximum absolute atomic E-state index is 9.95. The highest BCUT2D eigenvalue weighted by Gasteiger charge is 2.24. The summed E-state index contributed by atoms with van der Waals surface area (Å²) in [5, 5.41) is 6.24. The maximum Gasteiger partial charge on any atom is 0.324 e. The summed E-state index contributed by atoms with van der Waals surface area (Å²) in [6.45, 7) is 5.40. The maximum atomic E-state index is 9.95. The number of unbranched alkanes of at least 4 members (excludes halogenated alkanes) is 5. The van der Waals surface area contributed by atoms with Crippen molar-refractivity contribution in [1.82, 2.24) is 0 Å². The second-order valence-corrected chi connectivity index (χ2v) is 5.65. The van der Waals surface area contributed by atoms with E-state index < -0.39 is 21.3 Å². The van der Waals surface area contributed by atoms with Gasteiger partial charge in [-0.25, -0.2) is 0 Å². The Kier molecular flexibility index (Phi) is 11.6. The molecule has 0 aromatic heterocycles. The van der Waals surface area contributed by atoms with Crippen molar-refractivity contribution in [2.45, 2.75) is 64.5 Å². The molecule has 0 aromatic carbocycles. The minimum Gasteiger partial charge on any atom is -0.480 e. The van der Waals surface area contributed by atoms with Crippen LogP contribution in [0.25, 0.3) is 0 Å². The van der Waals surface area contributed by atoms with E-state index in [9.17, 15) is 13.2 Å². The van der Waals surface area contributed by atoms with E-state index in [0.29, 0.717) is 0 Å². The molecule has 0 saturated carbocycles. The Hall–Kier alpha value is -0.620. The van der Waals surface area contributed by atoms with Crippen molar-refractivity contribution in [3.63, 3.8) is 0 Å². The first-order valence-electron chi connectivity index (χ1n) is 5.96. The Bertz CT molecular complexity index is 278. The van der Waals surface area contributed by atoms with Crippen LogP contribution in [0.2, 0.25) is 0 Å². The van der Waals surface area contributed by atoms with Crippen LogP contribution in [0.1, 0.15) is 59.3 Å². The van der Waals surface area contributed by atoms with Crippen molar-refractivity contribution >= 4 is 16.1 Å². The molecule has 0 aliphatic carbocycles. The number of hydrogen-bond donors (Lipinski definition) is 2. The summed E-state index contributed by atoms with van der Waals surface area (Å²) in [4.78, 5) is 9.81. The first kappa shape index (κ1) is 18.7. The fourth-order valence-electron chi connectivity index (χ4n) is 0.981. The first-order chi connectivity index (χ1) is 7.77. The molecule has 0 aliphatic heterocycles. The van der Waals surface area contributed by atoms with Crippen LogP contribution in [0.3, 0.4) is 0 Å². The monoisotopic (exact) mass is 268 g/mol. The molecule has 0 saturated heterocycles. The van der Waals surface area contributed by atoms with E-state index in [1.165, 1.54) is 38.5 Å². The largest absolute Gasteiger partial charge is 0.480 e. The van der Waals surface area contributed by atoms with Gasteiger partial charge in [-0.3, -0.25) is 9.35 Å². The summed E-state index contributed by atoms with van der Waals surface area (Å²) in [5.41, 5.74) is 0. The second-order valence-electron chi connectivity index (χ2n) is 3.91. The van der Waals surface area contributed by atoms with Crippen LogP contribution in [0.5, 0.6) is 0 Å². The topological polar surface area (TPSA) is 91.7 Å². The molecule has 2 N–H and O–H groups in total. The molecule has 5 nitrogen and oxygen atoms in total. The summed E-state index contributed by atoms with van der Waals surface area (Å²) < 4.78 is 27.9. The van der Waals surface area contributed by atoms with Gasteiger partial charge in [0.2, 0.25) is 0 Å². The van der Waals surface area contributed by atoms with Gasteiger partial charge < -0.3 is 5.11 Å². The van der Waals surface area contributed by atoms with Crippen molar-refractivity contribution in [2.24, 2.45) is 0 Å². The Morgan fingerprint density at radius 2 is 1.41 bits per heavy atom. The lowest BCUT2D eigenvalue weighted by Gasteiger charge is -1.98. The smallest absolute Gasteiger partial charge is 0.324 e. The highest BCUT2D eigenvalue weighted by molar-refractivity contribution is 7.87. The number of carboxylic acids is 1. The van der Waals surface area contributed by atoms with Crippen molar-refractivity contribution in [3.8, 4) is 0 Å². The Morgan fingerprint density at radius 3 is 1.53 bits per heavy atom. The number of hydrogen-bond acceptors (Lipinski definition) is 3. The Balaban J connectivity index is 0. The van der Waals surface area contributed by atoms with Gasteiger partial charge in [-0.1, -0.05) is 52.4 Å². The van der Waals surface area contributed by atoms with E-state index in [1.54, 1.807) is 0 Å². The van der Waals surface area contributed by atoms with Gasteiger partial charge >= 0.3 is 5.97 Å². The van der Waals surface area contributed by atoms with Crippen LogP contribution in [0.4, 0.5) is 0 Å². The summed E-state index contributed by atoms with van der Waals surface area (Å²) in [6.07, 6.45) is 8.49. The summed E-state index contributed by atoms with van der Waals surface area (Å²) in [7, 11) is -4.40. The fraction of sp³-hybridized carbons (Fsp3) is 0.909. The Morgan fingerprint density at radius 1 is 1.06 bits per heavy atom. The van der Waals surface area contributed by atoms with Crippen molar-refractivity contribution in [3.05, 3.63) is 0 Å². The third-order valence-corrected chi connectivity index (χ3v) is 3.35. The third-order valence-electron chi connectivity index (χ3n) is 2.25. The summed E-state index contributed by atoms with van der Waals surface area (Å²) in [6, 6.07) is 0. The quantitative estimate of drug-likeness (QED) is 0.547.